The number of hydrogen-bond acceptors (Lipinski definition) is 7. The van der Waals surface area contributed by atoms with Gasteiger partial charge in [0, 0.05) is 25.2 Å². The molecule has 4 rings (SSSR count). The predicted molar refractivity (Wildman–Crippen MR) is 132 cm³/mol. The molecule has 0 aromatic heterocycles. The lowest BCUT2D eigenvalue weighted by Gasteiger charge is -2.31. The van der Waals surface area contributed by atoms with E-state index in [4.69, 9.17) is 14.7 Å². The van der Waals surface area contributed by atoms with Gasteiger partial charge in [-0.25, -0.2) is 10.3 Å². The molecule has 2 aliphatic heterocycles. The van der Waals surface area contributed by atoms with Crippen molar-refractivity contribution in [3.8, 4) is 5.75 Å². The molecule has 2 aromatic carbocycles. The monoisotopic (exact) mass is 496 g/mol. The van der Waals surface area contributed by atoms with E-state index in [0.29, 0.717) is 18.7 Å². The van der Waals surface area contributed by atoms with Crippen LogP contribution in [0, 0.1) is 5.92 Å². The molecule has 0 unspecified atom stereocenters. The molecule has 1 saturated heterocycles. The van der Waals surface area contributed by atoms with Crippen LogP contribution in [-0.4, -0.2) is 65.9 Å². The van der Waals surface area contributed by atoms with E-state index < -0.39 is 29.6 Å². The molecule has 0 saturated carbocycles. The maximum Gasteiger partial charge on any atom is 0.410 e. The number of hydrogen-bond donors (Lipinski definition) is 3. The van der Waals surface area contributed by atoms with Crippen LogP contribution >= 0.6 is 0 Å². The van der Waals surface area contributed by atoms with E-state index in [1.807, 2.05) is 36.4 Å². The highest BCUT2D eigenvalue weighted by atomic mass is 16.6. The van der Waals surface area contributed by atoms with Gasteiger partial charge in [0.25, 0.3) is 5.91 Å². The number of anilines is 1. The average Bonchev–Trinajstić information content (AvgIpc) is 3.27. The number of hydroxylamine groups is 1. The van der Waals surface area contributed by atoms with E-state index in [0.717, 1.165) is 23.5 Å². The first-order valence-corrected chi connectivity index (χ1v) is 11.9. The molecule has 0 spiro atoms. The van der Waals surface area contributed by atoms with Gasteiger partial charge in [0.2, 0.25) is 5.91 Å². The Morgan fingerprint density at radius 2 is 1.81 bits per heavy atom. The Morgan fingerprint density at radius 3 is 2.50 bits per heavy atom. The Balaban J connectivity index is 1.40. The molecule has 2 aromatic rings. The summed E-state index contributed by atoms with van der Waals surface area (Å²) in [7, 11) is 0. The van der Waals surface area contributed by atoms with Crippen LogP contribution < -0.4 is 20.4 Å². The number of para-hydroxylation sites is 2. The quantitative estimate of drug-likeness (QED) is 0.430. The molecule has 2 aliphatic rings. The summed E-state index contributed by atoms with van der Waals surface area (Å²) in [5, 5.41) is 12.0. The van der Waals surface area contributed by atoms with Gasteiger partial charge >= 0.3 is 6.09 Å². The fourth-order valence-corrected chi connectivity index (χ4v) is 4.40. The van der Waals surface area contributed by atoms with Crippen LogP contribution in [0.15, 0.2) is 48.5 Å². The van der Waals surface area contributed by atoms with Crippen molar-refractivity contribution in [3.63, 3.8) is 0 Å². The molecular weight excluding hydrogens is 464 g/mol. The molecule has 2 atom stereocenters. The lowest BCUT2D eigenvalue weighted by atomic mass is 10.0. The predicted octanol–water partition coefficient (Wildman–Crippen LogP) is 2.56. The zero-order valence-corrected chi connectivity index (χ0v) is 20.7. The number of carbonyl (C=O) groups is 3. The molecule has 10 nitrogen and oxygen atoms in total. The molecule has 3 amide bonds. The highest BCUT2D eigenvalue weighted by Crippen LogP contribution is 2.32. The molecule has 1 fully saturated rings. The standard InChI is InChI=1S/C26H32N4O6/c1-26(2,3)36-25(33)30-15-19(24(32)28-34)20(16-30)27-23(31)18-10-8-17(9-11-18)14-29-12-13-35-22-7-5-4-6-21(22)29/h4-11,19-20,34H,12-16H2,1-3H3,(H,27,31)(H,28,32)/t19-,20+/m0/s1. The minimum absolute atomic E-state index is 0.0201. The lowest BCUT2D eigenvalue weighted by molar-refractivity contribution is -0.133. The number of nitrogens with zero attached hydrogens (tertiary/aromatic N) is 2. The topological polar surface area (TPSA) is 120 Å². The van der Waals surface area contributed by atoms with Crippen LogP contribution in [0.25, 0.3) is 0 Å². The van der Waals surface area contributed by atoms with Crippen molar-refractivity contribution in [3.05, 3.63) is 59.7 Å². The van der Waals surface area contributed by atoms with Crippen molar-refractivity contribution in [2.75, 3.05) is 31.1 Å². The summed E-state index contributed by atoms with van der Waals surface area (Å²) < 4.78 is 11.1. The van der Waals surface area contributed by atoms with Gasteiger partial charge in [0.05, 0.1) is 24.2 Å². The molecule has 36 heavy (non-hydrogen) atoms. The van der Waals surface area contributed by atoms with Gasteiger partial charge in [-0.15, -0.1) is 0 Å². The third-order valence-electron chi connectivity index (χ3n) is 6.15. The van der Waals surface area contributed by atoms with Gasteiger partial charge in [-0.05, 0) is 50.6 Å². The molecule has 3 N–H and O–H groups in total. The van der Waals surface area contributed by atoms with Crippen LogP contribution in [0.1, 0.15) is 36.7 Å². The third-order valence-corrected chi connectivity index (χ3v) is 6.15. The van der Waals surface area contributed by atoms with E-state index in [-0.39, 0.29) is 19.0 Å². The number of likely N-dealkylation sites (tertiary alicyclic amines) is 1. The number of amides is 3. The van der Waals surface area contributed by atoms with Crippen molar-refractivity contribution in [2.45, 2.75) is 39.0 Å². The number of ether oxygens (including phenoxy) is 2. The number of benzene rings is 2. The van der Waals surface area contributed by atoms with Crippen LogP contribution in [0.2, 0.25) is 0 Å². The van der Waals surface area contributed by atoms with E-state index in [9.17, 15) is 14.4 Å². The summed E-state index contributed by atoms with van der Waals surface area (Å²) in [5.74, 6) is -0.997. The minimum Gasteiger partial charge on any atom is -0.490 e. The Morgan fingerprint density at radius 1 is 1.08 bits per heavy atom. The Hall–Kier alpha value is -3.79. The van der Waals surface area contributed by atoms with Crippen LogP contribution in [0.5, 0.6) is 5.75 Å². The maximum absolute atomic E-state index is 13.0. The summed E-state index contributed by atoms with van der Waals surface area (Å²) >= 11 is 0. The van der Waals surface area contributed by atoms with Crippen LogP contribution in [-0.2, 0) is 16.1 Å². The van der Waals surface area contributed by atoms with Crippen molar-refractivity contribution in [1.82, 2.24) is 15.7 Å². The minimum atomic E-state index is -0.813. The number of rotatable bonds is 5. The SMILES string of the molecule is CC(C)(C)OC(=O)N1C[C@H](C(=O)NO)[C@H](NC(=O)c2ccc(CN3CCOc4ccccc43)cc2)C1. The first kappa shape index (κ1) is 25.3. The average molecular weight is 497 g/mol. The van der Waals surface area contributed by atoms with Gasteiger partial charge in [0.1, 0.15) is 18.0 Å². The lowest BCUT2D eigenvalue weighted by Crippen LogP contribution is -2.45. The molecule has 0 radical (unpaired) electrons. The Labute approximate surface area is 210 Å². The number of fused-ring (bicyclic) bond motifs is 1. The van der Waals surface area contributed by atoms with Gasteiger partial charge in [-0.2, -0.15) is 0 Å². The summed E-state index contributed by atoms with van der Waals surface area (Å²) in [6, 6.07) is 14.5. The highest BCUT2D eigenvalue weighted by molar-refractivity contribution is 5.95. The molecule has 192 valence electrons. The maximum atomic E-state index is 13.0. The second-order valence-electron chi connectivity index (χ2n) is 9.98. The normalized spacial score (nSPS) is 19.2. The second-order valence-corrected chi connectivity index (χ2v) is 9.98. The van der Waals surface area contributed by atoms with E-state index in [1.165, 1.54) is 4.90 Å². The van der Waals surface area contributed by atoms with Crippen LogP contribution in [0.3, 0.4) is 0 Å². The fraction of sp³-hybridized carbons (Fsp3) is 0.423. The van der Waals surface area contributed by atoms with Gasteiger partial charge < -0.3 is 24.6 Å². The Bertz CT molecular complexity index is 1110. The zero-order valence-electron chi connectivity index (χ0n) is 20.7. The van der Waals surface area contributed by atoms with Crippen molar-refractivity contribution < 1.29 is 29.1 Å². The summed E-state index contributed by atoms with van der Waals surface area (Å²) in [6.07, 6.45) is -0.580. The van der Waals surface area contributed by atoms with Crippen molar-refractivity contribution in [2.24, 2.45) is 5.92 Å². The largest absolute Gasteiger partial charge is 0.490 e. The van der Waals surface area contributed by atoms with Crippen LogP contribution in [0.4, 0.5) is 10.5 Å². The molecule has 2 heterocycles. The zero-order chi connectivity index (χ0) is 25.9. The first-order valence-electron chi connectivity index (χ1n) is 11.9. The van der Waals surface area contributed by atoms with Gasteiger partial charge in [0.15, 0.2) is 0 Å². The van der Waals surface area contributed by atoms with Crippen molar-refractivity contribution in [1.29, 1.82) is 0 Å². The molecule has 10 heteroatoms. The summed E-state index contributed by atoms with van der Waals surface area (Å²) in [6.45, 7) is 7.41. The number of nitrogens with one attached hydrogen (secondary N) is 2. The van der Waals surface area contributed by atoms with E-state index in [2.05, 4.69) is 10.2 Å². The molecule has 0 aliphatic carbocycles. The second kappa shape index (κ2) is 10.4. The first-order chi connectivity index (χ1) is 17.1. The molecular formula is C26H32N4O6. The van der Waals surface area contributed by atoms with Crippen molar-refractivity contribution >= 4 is 23.6 Å². The van der Waals surface area contributed by atoms with Gasteiger partial charge in [-0.3, -0.25) is 14.8 Å². The van der Waals surface area contributed by atoms with E-state index in [1.54, 1.807) is 38.4 Å². The Kier molecular flexibility index (Phi) is 7.35. The third kappa shape index (κ3) is 5.88. The summed E-state index contributed by atoms with van der Waals surface area (Å²) in [5.41, 5.74) is 3.44. The summed E-state index contributed by atoms with van der Waals surface area (Å²) in [4.78, 5) is 41.2. The van der Waals surface area contributed by atoms with E-state index >= 15 is 0 Å². The number of carbonyl (C=O) groups excluding carboxylic acids is 3. The molecule has 0 bridgehead atoms. The fourth-order valence-electron chi connectivity index (χ4n) is 4.40. The van der Waals surface area contributed by atoms with Gasteiger partial charge in [-0.1, -0.05) is 24.3 Å². The smallest absolute Gasteiger partial charge is 0.410 e. The highest BCUT2D eigenvalue weighted by Gasteiger charge is 2.42.